The highest BCUT2D eigenvalue weighted by molar-refractivity contribution is 5.91. The van der Waals surface area contributed by atoms with Gasteiger partial charge in [0.15, 0.2) is 0 Å². The molecule has 0 bridgehead atoms. The van der Waals surface area contributed by atoms with Gasteiger partial charge in [0.2, 0.25) is 0 Å². The maximum atomic E-state index is 13.7. The Labute approximate surface area is 250 Å². The predicted molar refractivity (Wildman–Crippen MR) is 150 cm³/mol. The second kappa shape index (κ2) is 12.3. The number of aryl methyl sites for hydroxylation is 1. The number of hydrogen-bond donors (Lipinski definition) is 1. The van der Waals surface area contributed by atoms with Crippen molar-refractivity contribution in [2.75, 3.05) is 16.3 Å². The summed E-state index contributed by atoms with van der Waals surface area (Å²) in [5.41, 5.74) is 1.51. The fourth-order valence-electron chi connectivity index (χ4n) is 6.37. The number of carbonyl (C=O) groups excluding carboxylic acids is 1. The van der Waals surface area contributed by atoms with Crippen LogP contribution in [0.4, 0.5) is 42.8 Å². The first-order valence-corrected chi connectivity index (χ1v) is 14.7. The molecule has 0 fully saturated rings. The number of tetrazole rings is 1. The Kier molecular flexibility index (Phi) is 8.81. The minimum atomic E-state index is -4.99. The topological polar surface area (TPSA) is 87.2 Å². The summed E-state index contributed by atoms with van der Waals surface area (Å²) in [6, 6.07) is 2.96. The Hall–Kier alpha value is -3.84. The van der Waals surface area contributed by atoms with Crippen LogP contribution in [0.15, 0.2) is 24.3 Å². The number of aromatic amines is 1. The lowest BCUT2D eigenvalue weighted by molar-refractivity contribution is -0.143. The Morgan fingerprint density at radius 3 is 2.32 bits per heavy atom. The van der Waals surface area contributed by atoms with E-state index in [2.05, 4.69) is 20.6 Å². The number of hydrogen-bond acceptors (Lipinski definition) is 6. The third kappa shape index (κ3) is 6.34. The standard InChI is InChI=1S/C30H34F6N6O2/c1-4-22(5-2)44-28(43)41-11-7-10-25(24-14-19-8-6-9-23(19)17(3)26(24)41)42(27-37-39-40-38-27)16-18-12-20(29(31,32)33)15-21(13-18)30(34,35)36/h12-15,22,25H,4-11,16H2,1-3H3,(H,37,38,39,40)/t25-/m0/s1. The van der Waals surface area contributed by atoms with Crippen molar-refractivity contribution in [3.05, 3.63) is 63.2 Å². The molecule has 1 aromatic heterocycles. The third-order valence-corrected chi connectivity index (χ3v) is 8.53. The molecule has 1 atom stereocenters. The van der Waals surface area contributed by atoms with E-state index in [1.807, 2.05) is 26.8 Å². The van der Waals surface area contributed by atoms with Crippen LogP contribution in [0.2, 0.25) is 0 Å². The van der Waals surface area contributed by atoms with Crippen molar-refractivity contribution in [1.29, 1.82) is 0 Å². The molecule has 2 heterocycles. The number of H-pyrrole nitrogens is 1. The van der Waals surface area contributed by atoms with E-state index >= 15 is 0 Å². The molecule has 14 heteroatoms. The molecule has 0 saturated heterocycles. The normalized spacial score (nSPS) is 17.0. The van der Waals surface area contributed by atoms with Crippen LogP contribution in [-0.2, 0) is 36.5 Å². The van der Waals surface area contributed by atoms with Gasteiger partial charge in [-0.05, 0) is 103 Å². The first kappa shape index (κ1) is 31.6. The maximum Gasteiger partial charge on any atom is 0.416 e. The highest BCUT2D eigenvalue weighted by Gasteiger charge is 2.39. The zero-order valence-corrected chi connectivity index (χ0v) is 24.6. The van der Waals surface area contributed by atoms with Gasteiger partial charge in [-0.3, -0.25) is 4.90 Å². The highest BCUT2D eigenvalue weighted by Crippen LogP contribution is 2.45. The summed E-state index contributed by atoms with van der Waals surface area (Å²) in [5, 5.41) is 14.1. The Bertz CT molecular complexity index is 1450. The Morgan fingerprint density at radius 2 is 1.73 bits per heavy atom. The average molecular weight is 625 g/mol. The lowest BCUT2D eigenvalue weighted by Crippen LogP contribution is -2.36. The number of carbonyl (C=O) groups is 1. The van der Waals surface area contributed by atoms with Crippen LogP contribution in [0.1, 0.15) is 90.9 Å². The minimum Gasteiger partial charge on any atom is -0.446 e. The summed E-state index contributed by atoms with van der Waals surface area (Å²) in [6.45, 7) is 5.78. The first-order chi connectivity index (χ1) is 20.8. The molecule has 8 nitrogen and oxygen atoms in total. The van der Waals surface area contributed by atoms with Gasteiger partial charge >= 0.3 is 18.4 Å². The number of halogens is 6. The summed E-state index contributed by atoms with van der Waals surface area (Å²) in [7, 11) is 0. The molecule has 3 aromatic rings. The summed E-state index contributed by atoms with van der Waals surface area (Å²) >= 11 is 0. The van der Waals surface area contributed by atoms with E-state index in [1.54, 1.807) is 9.80 Å². The van der Waals surface area contributed by atoms with E-state index in [1.165, 1.54) is 0 Å². The van der Waals surface area contributed by atoms with Crippen molar-refractivity contribution in [2.45, 2.75) is 96.8 Å². The predicted octanol–water partition coefficient (Wildman–Crippen LogP) is 7.71. The van der Waals surface area contributed by atoms with Crippen molar-refractivity contribution in [3.63, 3.8) is 0 Å². The van der Waals surface area contributed by atoms with Crippen LogP contribution < -0.4 is 9.80 Å². The van der Waals surface area contributed by atoms with Crippen LogP contribution in [0, 0.1) is 6.92 Å². The first-order valence-electron chi connectivity index (χ1n) is 14.7. The molecule has 1 amide bonds. The largest absolute Gasteiger partial charge is 0.446 e. The lowest BCUT2D eigenvalue weighted by atomic mass is 9.91. The molecule has 5 rings (SSSR count). The van der Waals surface area contributed by atoms with Crippen molar-refractivity contribution in [1.82, 2.24) is 20.6 Å². The number of anilines is 2. The van der Waals surface area contributed by atoms with Gasteiger partial charge in [0.25, 0.3) is 5.95 Å². The van der Waals surface area contributed by atoms with E-state index in [9.17, 15) is 31.1 Å². The van der Waals surface area contributed by atoms with Crippen LogP contribution in [0.3, 0.4) is 0 Å². The quantitative estimate of drug-likeness (QED) is 0.271. The zero-order valence-electron chi connectivity index (χ0n) is 24.6. The van der Waals surface area contributed by atoms with Crippen molar-refractivity contribution < 1.29 is 35.9 Å². The fourth-order valence-corrected chi connectivity index (χ4v) is 6.37. The number of amides is 1. The Balaban J connectivity index is 1.64. The van der Waals surface area contributed by atoms with Gasteiger partial charge < -0.3 is 9.64 Å². The summed E-state index contributed by atoms with van der Waals surface area (Å²) in [6.07, 6.45) is -5.95. The van der Waals surface area contributed by atoms with E-state index in [4.69, 9.17) is 4.74 Å². The number of nitrogens with zero attached hydrogens (tertiary/aromatic N) is 5. The molecule has 2 aromatic carbocycles. The third-order valence-electron chi connectivity index (χ3n) is 8.53. The number of ether oxygens (including phenoxy) is 1. The number of benzene rings is 2. The molecule has 0 radical (unpaired) electrons. The van der Waals surface area contributed by atoms with Crippen LogP contribution in [0.25, 0.3) is 0 Å². The summed E-state index contributed by atoms with van der Waals surface area (Å²) in [5.74, 6) is 0.0122. The molecule has 238 valence electrons. The number of aromatic nitrogens is 4. The van der Waals surface area contributed by atoms with E-state index < -0.39 is 35.6 Å². The highest BCUT2D eigenvalue weighted by atomic mass is 19.4. The SMILES string of the molecule is CCC(CC)OC(=O)N1CCC[C@H](N(Cc2cc(C(F)(F)F)cc(C(F)(F)F)c2)c2nn[nH]n2)c2cc3c(c(C)c21)CCC3. The van der Waals surface area contributed by atoms with Gasteiger partial charge in [-0.15, -0.1) is 5.10 Å². The maximum absolute atomic E-state index is 13.7. The molecule has 2 aliphatic rings. The molecule has 0 unspecified atom stereocenters. The summed E-state index contributed by atoms with van der Waals surface area (Å²) in [4.78, 5) is 16.8. The van der Waals surface area contributed by atoms with E-state index in [-0.39, 0.29) is 30.2 Å². The second-order valence-electron chi connectivity index (χ2n) is 11.3. The molecule has 1 N–H and O–H groups in total. The van der Waals surface area contributed by atoms with E-state index in [0.717, 1.165) is 41.5 Å². The molecule has 1 aliphatic heterocycles. The fraction of sp³-hybridized carbons (Fsp3) is 0.533. The van der Waals surface area contributed by atoms with Gasteiger partial charge in [-0.25, -0.2) is 4.79 Å². The smallest absolute Gasteiger partial charge is 0.416 e. The van der Waals surface area contributed by atoms with Gasteiger partial charge in [-0.2, -0.15) is 31.6 Å². The molecular formula is C30H34F6N6O2. The molecule has 0 saturated carbocycles. The average Bonchev–Trinajstić information content (AvgIpc) is 3.64. The number of alkyl halides is 6. The van der Waals surface area contributed by atoms with Gasteiger partial charge in [0, 0.05) is 13.1 Å². The van der Waals surface area contributed by atoms with Crippen molar-refractivity contribution in [2.24, 2.45) is 0 Å². The number of rotatable bonds is 7. The van der Waals surface area contributed by atoms with Crippen molar-refractivity contribution >= 4 is 17.7 Å². The zero-order chi connectivity index (χ0) is 31.8. The minimum absolute atomic E-state index is 0.0122. The summed E-state index contributed by atoms with van der Waals surface area (Å²) < 4.78 is 88.1. The van der Waals surface area contributed by atoms with Crippen LogP contribution >= 0.6 is 0 Å². The molecular weight excluding hydrogens is 590 g/mol. The van der Waals surface area contributed by atoms with Gasteiger partial charge in [0.05, 0.1) is 22.9 Å². The Morgan fingerprint density at radius 1 is 1.05 bits per heavy atom. The lowest BCUT2D eigenvalue weighted by Gasteiger charge is -2.33. The monoisotopic (exact) mass is 624 g/mol. The number of nitrogens with one attached hydrogen (secondary N) is 1. The van der Waals surface area contributed by atoms with Gasteiger partial charge in [-0.1, -0.05) is 25.0 Å². The molecule has 0 spiro atoms. The van der Waals surface area contributed by atoms with E-state index in [0.29, 0.717) is 50.0 Å². The molecule has 1 aliphatic carbocycles. The second-order valence-corrected chi connectivity index (χ2v) is 11.3. The van der Waals surface area contributed by atoms with Crippen LogP contribution in [-0.4, -0.2) is 39.4 Å². The van der Waals surface area contributed by atoms with Crippen molar-refractivity contribution in [3.8, 4) is 0 Å². The molecule has 44 heavy (non-hydrogen) atoms. The van der Waals surface area contributed by atoms with Gasteiger partial charge in [0.1, 0.15) is 6.10 Å². The number of fused-ring (bicyclic) bond motifs is 2. The van der Waals surface area contributed by atoms with Crippen LogP contribution in [0.5, 0.6) is 0 Å².